The van der Waals surface area contributed by atoms with Gasteiger partial charge in [0.2, 0.25) is 0 Å². The molecule has 0 saturated carbocycles. The van der Waals surface area contributed by atoms with Crippen LogP contribution in [0.15, 0.2) is 53.6 Å². The van der Waals surface area contributed by atoms with E-state index in [0.29, 0.717) is 34.8 Å². The lowest BCUT2D eigenvalue weighted by Gasteiger charge is -2.26. The van der Waals surface area contributed by atoms with E-state index in [4.69, 9.17) is 9.84 Å². The summed E-state index contributed by atoms with van der Waals surface area (Å²) in [5.74, 6) is 1.77. The third-order valence-electron chi connectivity index (χ3n) is 7.42. The number of fused-ring (bicyclic) bond motifs is 2. The highest BCUT2D eigenvalue weighted by molar-refractivity contribution is 6.04. The maximum Gasteiger partial charge on any atom is 0.274 e. The highest BCUT2D eigenvalue weighted by atomic mass is 16.5. The number of nitrogens with zero attached hydrogens (tertiary/aromatic N) is 3. The van der Waals surface area contributed by atoms with Gasteiger partial charge >= 0.3 is 0 Å². The first-order valence-corrected chi connectivity index (χ1v) is 13.3. The van der Waals surface area contributed by atoms with Crippen LogP contribution in [-0.4, -0.2) is 44.9 Å². The third kappa shape index (κ3) is 4.48. The van der Waals surface area contributed by atoms with Crippen molar-refractivity contribution in [2.75, 3.05) is 19.6 Å². The number of H-pyrrole nitrogens is 1. The Hall–Kier alpha value is -4.37. The summed E-state index contributed by atoms with van der Waals surface area (Å²) in [4.78, 5) is 28.8. The molecule has 0 spiro atoms. The summed E-state index contributed by atoms with van der Waals surface area (Å²) in [5.41, 5.74) is 4.97. The molecule has 0 bridgehead atoms. The summed E-state index contributed by atoms with van der Waals surface area (Å²) >= 11 is 0. The Morgan fingerprint density at radius 1 is 1.13 bits per heavy atom. The topological polar surface area (TPSA) is 106 Å². The van der Waals surface area contributed by atoms with Gasteiger partial charge in [-0.3, -0.25) is 14.3 Å². The molecular formula is C30H32N6O3. The van der Waals surface area contributed by atoms with Crippen molar-refractivity contribution in [1.29, 1.82) is 0 Å². The van der Waals surface area contributed by atoms with E-state index in [9.17, 15) is 9.59 Å². The highest BCUT2D eigenvalue weighted by Gasteiger charge is 2.22. The Bertz CT molecular complexity index is 1770. The molecule has 2 aromatic carbocycles. The number of amides is 1. The van der Waals surface area contributed by atoms with Crippen molar-refractivity contribution in [3.05, 3.63) is 76.0 Å². The second kappa shape index (κ2) is 9.74. The summed E-state index contributed by atoms with van der Waals surface area (Å²) in [6, 6.07) is 11.9. The van der Waals surface area contributed by atoms with Gasteiger partial charge in [0.15, 0.2) is 0 Å². The maximum atomic E-state index is 13.1. The van der Waals surface area contributed by atoms with Gasteiger partial charge in [-0.2, -0.15) is 5.10 Å². The van der Waals surface area contributed by atoms with Gasteiger partial charge in [-0.05, 0) is 50.1 Å². The molecule has 6 rings (SSSR count). The first kappa shape index (κ1) is 24.9. The van der Waals surface area contributed by atoms with Crippen LogP contribution in [0.3, 0.4) is 0 Å². The molecule has 0 unspecified atom stereocenters. The number of ether oxygens (including phenoxy) is 1. The number of nitrogens with one attached hydrogen (secondary N) is 3. The quantitative estimate of drug-likeness (QED) is 0.295. The fourth-order valence-corrected chi connectivity index (χ4v) is 5.23. The van der Waals surface area contributed by atoms with Crippen LogP contribution in [0.4, 0.5) is 0 Å². The van der Waals surface area contributed by atoms with Gasteiger partial charge in [-0.1, -0.05) is 18.2 Å². The predicted octanol–water partition coefficient (Wildman–Crippen LogP) is 4.26. The average Bonchev–Trinajstić information content (AvgIpc) is 3.50. The minimum atomic E-state index is -0.256. The Morgan fingerprint density at radius 2 is 1.90 bits per heavy atom. The van der Waals surface area contributed by atoms with Crippen LogP contribution in [0, 0.1) is 19.8 Å². The van der Waals surface area contributed by atoms with E-state index in [-0.39, 0.29) is 11.5 Å². The highest BCUT2D eigenvalue weighted by Crippen LogP contribution is 2.41. The second-order valence-electron chi connectivity index (χ2n) is 10.4. The molecule has 1 saturated heterocycles. The van der Waals surface area contributed by atoms with Crippen molar-refractivity contribution in [2.24, 2.45) is 13.0 Å². The number of aromatic nitrogens is 4. The Morgan fingerprint density at radius 3 is 2.59 bits per heavy atom. The molecule has 9 heteroatoms. The molecule has 3 aromatic heterocycles. The second-order valence-corrected chi connectivity index (χ2v) is 10.4. The number of pyridine rings is 1. The van der Waals surface area contributed by atoms with Gasteiger partial charge in [0.1, 0.15) is 22.7 Å². The summed E-state index contributed by atoms with van der Waals surface area (Å²) in [6.07, 6.45) is 3.87. The van der Waals surface area contributed by atoms with E-state index in [1.165, 1.54) is 4.57 Å². The van der Waals surface area contributed by atoms with Crippen molar-refractivity contribution in [1.82, 2.24) is 30.0 Å². The van der Waals surface area contributed by atoms with E-state index < -0.39 is 0 Å². The zero-order valence-corrected chi connectivity index (χ0v) is 22.6. The third-order valence-corrected chi connectivity index (χ3v) is 7.42. The molecule has 0 atom stereocenters. The van der Waals surface area contributed by atoms with Crippen LogP contribution >= 0.6 is 0 Å². The molecule has 9 nitrogen and oxygen atoms in total. The molecule has 200 valence electrons. The zero-order chi connectivity index (χ0) is 27.3. The molecule has 1 amide bonds. The van der Waals surface area contributed by atoms with E-state index in [1.807, 2.05) is 55.8 Å². The molecule has 1 aliphatic heterocycles. The van der Waals surface area contributed by atoms with Crippen LogP contribution in [0.25, 0.3) is 32.9 Å². The number of hydrogen-bond acceptors (Lipinski definition) is 5. The van der Waals surface area contributed by atoms with Crippen LogP contribution in [0.5, 0.6) is 11.5 Å². The lowest BCUT2D eigenvalue weighted by Crippen LogP contribution is -2.44. The standard InChI is InChI=1S/C30H32N6O3/c1-5-32-29(37)25-11-22-23(16-35(4)30(38)27(22)33-25)21-10-24-20(15-36(34-24)14-19-12-31-13-19)9-26(21)39-28-17(2)7-6-8-18(28)3/h6-11,15-16,19,31,33H,5,12-14H2,1-4H3,(H,32,37). The van der Waals surface area contributed by atoms with E-state index in [1.54, 1.807) is 19.3 Å². The number of hydrogen-bond donors (Lipinski definition) is 3. The number of benzene rings is 2. The normalized spacial score (nSPS) is 13.6. The largest absolute Gasteiger partial charge is 0.456 e. The number of rotatable bonds is 7. The number of aromatic amines is 1. The minimum absolute atomic E-state index is 0.207. The molecule has 39 heavy (non-hydrogen) atoms. The van der Waals surface area contributed by atoms with Crippen molar-refractivity contribution < 1.29 is 9.53 Å². The van der Waals surface area contributed by atoms with Crippen molar-refractivity contribution in [2.45, 2.75) is 27.3 Å². The molecule has 4 heterocycles. The summed E-state index contributed by atoms with van der Waals surface area (Å²) in [6.45, 7) is 9.25. The van der Waals surface area contributed by atoms with E-state index >= 15 is 0 Å². The predicted molar refractivity (Wildman–Crippen MR) is 153 cm³/mol. The fraction of sp³-hybridized carbons (Fsp3) is 0.300. The first-order valence-electron chi connectivity index (χ1n) is 13.3. The SMILES string of the molecule is CCNC(=O)c1cc2c(-c3cc4nn(CC5CNC5)cc4cc3Oc3c(C)cccc3C)cn(C)c(=O)c2[nH]1. The van der Waals surface area contributed by atoms with Crippen LogP contribution < -0.4 is 20.9 Å². The van der Waals surface area contributed by atoms with Crippen molar-refractivity contribution in [3.8, 4) is 22.6 Å². The van der Waals surface area contributed by atoms with E-state index in [0.717, 1.165) is 58.5 Å². The molecule has 0 radical (unpaired) electrons. The number of carbonyl (C=O) groups excluding carboxylic acids is 1. The average molecular weight is 525 g/mol. The van der Waals surface area contributed by atoms with Crippen LogP contribution in [0.1, 0.15) is 28.5 Å². The van der Waals surface area contributed by atoms with E-state index in [2.05, 4.69) is 21.8 Å². The summed E-state index contributed by atoms with van der Waals surface area (Å²) in [7, 11) is 1.71. The molecule has 5 aromatic rings. The van der Waals surface area contributed by atoms with Crippen molar-refractivity contribution >= 4 is 27.7 Å². The Labute approximate surface area is 225 Å². The zero-order valence-electron chi connectivity index (χ0n) is 22.6. The van der Waals surface area contributed by atoms with Crippen LogP contribution in [-0.2, 0) is 13.6 Å². The molecule has 1 fully saturated rings. The number of para-hydroxylation sites is 1. The van der Waals surface area contributed by atoms with Crippen molar-refractivity contribution in [3.63, 3.8) is 0 Å². The smallest absolute Gasteiger partial charge is 0.274 e. The minimum Gasteiger partial charge on any atom is -0.456 e. The summed E-state index contributed by atoms with van der Waals surface area (Å²) < 4.78 is 10.2. The molecule has 3 N–H and O–H groups in total. The van der Waals surface area contributed by atoms with Gasteiger partial charge in [0, 0.05) is 73.4 Å². The fourth-order valence-electron chi connectivity index (χ4n) is 5.23. The molecule has 0 aliphatic carbocycles. The monoisotopic (exact) mass is 524 g/mol. The Kier molecular flexibility index (Phi) is 6.23. The van der Waals surface area contributed by atoms with Gasteiger partial charge in [-0.15, -0.1) is 0 Å². The van der Waals surface area contributed by atoms with Gasteiger partial charge in [0.25, 0.3) is 11.5 Å². The van der Waals surface area contributed by atoms with Gasteiger partial charge in [-0.25, -0.2) is 0 Å². The molecular weight excluding hydrogens is 492 g/mol. The van der Waals surface area contributed by atoms with Gasteiger partial charge in [0.05, 0.1) is 5.52 Å². The number of aryl methyl sites for hydroxylation is 3. The lowest BCUT2D eigenvalue weighted by atomic mass is 10.0. The first-order chi connectivity index (χ1) is 18.8. The van der Waals surface area contributed by atoms with Crippen LogP contribution in [0.2, 0.25) is 0 Å². The van der Waals surface area contributed by atoms with Gasteiger partial charge < -0.3 is 24.9 Å². The number of carbonyl (C=O) groups is 1. The maximum absolute atomic E-state index is 13.1. The molecule has 1 aliphatic rings. The summed E-state index contributed by atoms with van der Waals surface area (Å²) in [5, 5.41) is 12.6. The Balaban J connectivity index is 1.57. The lowest BCUT2D eigenvalue weighted by molar-refractivity contribution is 0.0951.